The Balaban J connectivity index is 5.29. The molecule has 0 aromatic heterocycles. The van der Waals surface area contributed by atoms with Crippen LogP contribution >= 0.6 is 0 Å². The van der Waals surface area contributed by atoms with Crippen molar-refractivity contribution in [3.63, 3.8) is 0 Å². The second kappa shape index (κ2) is 10.3. The van der Waals surface area contributed by atoms with Gasteiger partial charge in [0.2, 0.25) is 0 Å². The van der Waals surface area contributed by atoms with Crippen LogP contribution in [-0.2, 0) is 28.6 Å². The Bertz CT molecular complexity index is 398. The van der Waals surface area contributed by atoms with Crippen molar-refractivity contribution < 1.29 is 43.9 Å². The molecular formula is C16H28O9. The quantitative estimate of drug-likeness (QED) is 0.466. The molecule has 0 spiro atoms. The van der Waals surface area contributed by atoms with Crippen LogP contribution in [0.2, 0.25) is 0 Å². The summed E-state index contributed by atoms with van der Waals surface area (Å²) in [7, 11) is 0. The summed E-state index contributed by atoms with van der Waals surface area (Å²) in [6, 6.07) is 0. The van der Waals surface area contributed by atoms with Gasteiger partial charge < -0.3 is 29.5 Å². The van der Waals surface area contributed by atoms with Crippen LogP contribution in [0.15, 0.2) is 0 Å². The number of carbonyl (C=O) groups is 3. The van der Waals surface area contributed by atoms with Gasteiger partial charge in [-0.1, -0.05) is 0 Å². The molecule has 0 aliphatic carbocycles. The maximum absolute atomic E-state index is 11.0. The maximum Gasteiger partial charge on any atom is 0.332 e. The number of rotatable bonds is 12. The molecular weight excluding hydrogens is 336 g/mol. The fraction of sp³-hybridized carbons (Fsp3) is 0.812. The molecule has 0 saturated heterocycles. The normalized spacial score (nSPS) is 19.9. The van der Waals surface area contributed by atoms with Crippen LogP contribution in [0, 0.1) is 5.92 Å². The van der Waals surface area contributed by atoms with Crippen LogP contribution in [-0.4, -0.2) is 69.9 Å². The molecule has 0 aliphatic heterocycles. The Morgan fingerprint density at radius 1 is 0.560 bits per heavy atom. The van der Waals surface area contributed by atoms with E-state index in [1.165, 1.54) is 20.8 Å². The highest BCUT2D eigenvalue weighted by Crippen LogP contribution is 2.25. The van der Waals surface area contributed by atoms with Crippen LogP contribution in [0.5, 0.6) is 0 Å². The summed E-state index contributed by atoms with van der Waals surface area (Å²) >= 11 is 0. The largest absolute Gasteiger partial charge is 0.479 e. The minimum absolute atomic E-state index is 0.592. The van der Waals surface area contributed by atoms with Crippen LogP contribution in [0.3, 0.4) is 0 Å². The van der Waals surface area contributed by atoms with E-state index in [1.807, 2.05) is 0 Å². The highest BCUT2D eigenvalue weighted by atomic mass is 16.6. The monoisotopic (exact) mass is 364 g/mol. The number of carboxylic acid groups (broad SMARTS) is 3. The van der Waals surface area contributed by atoms with Crippen molar-refractivity contribution in [3.8, 4) is 0 Å². The Kier molecular flexibility index (Phi) is 9.61. The molecule has 0 aromatic carbocycles. The first kappa shape index (κ1) is 23.3. The highest BCUT2D eigenvalue weighted by molar-refractivity contribution is 5.72. The second-order valence-corrected chi connectivity index (χ2v) is 6.04. The molecule has 0 bridgehead atoms. The average molecular weight is 364 g/mol. The molecule has 0 fully saturated rings. The van der Waals surface area contributed by atoms with E-state index in [-0.39, 0.29) is 0 Å². The smallest absolute Gasteiger partial charge is 0.332 e. The van der Waals surface area contributed by atoms with Crippen molar-refractivity contribution in [1.29, 1.82) is 0 Å². The van der Waals surface area contributed by atoms with E-state index in [4.69, 9.17) is 29.5 Å². The second-order valence-electron chi connectivity index (χ2n) is 6.04. The van der Waals surface area contributed by atoms with Crippen molar-refractivity contribution in [2.45, 2.75) is 78.2 Å². The minimum atomic E-state index is -1.15. The standard InChI is InChI=1S/C16H28O9/c1-7(23-10(4)14(17)18)13(8(2)24-11(5)15(19)20)9(3)25-12(6)16(21)22/h7-13H,1-6H3,(H,17,18)(H,19,20)(H,21,22). The lowest BCUT2D eigenvalue weighted by molar-refractivity contribution is -0.179. The van der Waals surface area contributed by atoms with Gasteiger partial charge in [-0.15, -0.1) is 0 Å². The average Bonchev–Trinajstić information content (AvgIpc) is 2.46. The van der Waals surface area contributed by atoms with Gasteiger partial charge in [0.05, 0.1) is 18.3 Å². The van der Waals surface area contributed by atoms with Crippen molar-refractivity contribution in [2.24, 2.45) is 5.92 Å². The molecule has 9 nitrogen and oxygen atoms in total. The first-order valence-corrected chi connectivity index (χ1v) is 8.03. The van der Waals surface area contributed by atoms with Crippen LogP contribution in [0.25, 0.3) is 0 Å². The molecule has 25 heavy (non-hydrogen) atoms. The molecule has 6 atom stereocenters. The number of hydrogen-bond acceptors (Lipinski definition) is 6. The van der Waals surface area contributed by atoms with Crippen molar-refractivity contribution in [1.82, 2.24) is 0 Å². The van der Waals surface area contributed by atoms with Crippen molar-refractivity contribution in [3.05, 3.63) is 0 Å². The lowest BCUT2D eigenvalue weighted by Crippen LogP contribution is -2.45. The molecule has 0 saturated carbocycles. The van der Waals surface area contributed by atoms with E-state index in [9.17, 15) is 14.4 Å². The van der Waals surface area contributed by atoms with Crippen molar-refractivity contribution in [2.75, 3.05) is 0 Å². The molecule has 0 aromatic rings. The predicted octanol–water partition coefficient (Wildman–Crippen LogP) is 1.24. The predicted molar refractivity (Wildman–Crippen MR) is 86.4 cm³/mol. The van der Waals surface area contributed by atoms with Gasteiger partial charge in [-0.05, 0) is 41.5 Å². The van der Waals surface area contributed by atoms with E-state index in [2.05, 4.69) is 0 Å². The number of hydrogen-bond donors (Lipinski definition) is 3. The van der Waals surface area contributed by atoms with E-state index in [0.29, 0.717) is 0 Å². The van der Waals surface area contributed by atoms with E-state index >= 15 is 0 Å². The zero-order valence-corrected chi connectivity index (χ0v) is 15.3. The van der Waals surface area contributed by atoms with Gasteiger partial charge >= 0.3 is 17.9 Å². The number of ether oxygens (including phenoxy) is 3. The Morgan fingerprint density at radius 2 is 0.760 bits per heavy atom. The van der Waals surface area contributed by atoms with Gasteiger partial charge in [0.15, 0.2) is 18.3 Å². The summed E-state index contributed by atoms with van der Waals surface area (Å²) in [4.78, 5) is 33.0. The Hall–Kier alpha value is -1.71. The Morgan fingerprint density at radius 3 is 0.920 bits per heavy atom. The zero-order valence-electron chi connectivity index (χ0n) is 15.3. The van der Waals surface area contributed by atoms with E-state index < -0.39 is 60.4 Å². The van der Waals surface area contributed by atoms with Gasteiger partial charge in [0, 0.05) is 5.92 Å². The van der Waals surface area contributed by atoms with Gasteiger partial charge in [-0.3, -0.25) is 0 Å². The summed E-state index contributed by atoms with van der Waals surface area (Å²) in [5.74, 6) is -4.04. The third-order valence-corrected chi connectivity index (χ3v) is 3.93. The molecule has 0 rings (SSSR count). The van der Waals surface area contributed by atoms with E-state index in [1.54, 1.807) is 20.8 Å². The molecule has 0 aliphatic rings. The molecule has 6 unspecified atom stereocenters. The molecule has 0 heterocycles. The Labute approximate surface area is 146 Å². The van der Waals surface area contributed by atoms with Crippen LogP contribution < -0.4 is 0 Å². The van der Waals surface area contributed by atoms with Crippen molar-refractivity contribution >= 4 is 17.9 Å². The SMILES string of the molecule is CC(OC(C)C(C(C)OC(C)C(=O)O)C(C)OC(C)C(=O)O)C(=O)O. The van der Waals surface area contributed by atoms with Crippen LogP contribution in [0.1, 0.15) is 41.5 Å². The molecule has 0 radical (unpaired) electrons. The summed E-state index contributed by atoms with van der Waals surface area (Å²) in [6.07, 6.45) is -5.32. The topological polar surface area (TPSA) is 140 Å². The zero-order chi connectivity index (χ0) is 19.9. The lowest BCUT2D eigenvalue weighted by atomic mass is 9.91. The highest BCUT2D eigenvalue weighted by Gasteiger charge is 2.36. The summed E-state index contributed by atoms with van der Waals surface area (Å²) in [5.41, 5.74) is 0. The van der Waals surface area contributed by atoms with Gasteiger partial charge in [-0.2, -0.15) is 0 Å². The van der Waals surface area contributed by atoms with Gasteiger partial charge in [-0.25, -0.2) is 14.4 Å². The van der Waals surface area contributed by atoms with Crippen LogP contribution in [0.4, 0.5) is 0 Å². The fourth-order valence-corrected chi connectivity index (χ4v) is 2.56. The number of aliphatic carboxylic acids is 3. The molecule has 0 amide bonds. The number of carboxylic acids is 3. The van der Waals surface area contributed by atoms with E-state index in [0.717, 1.165) is 0 Å². The maximum atomic E-state index is 11.0. The summed E-state index contributed by atoms with van der Waals surface area (Å²) < 4.78 is 16.3. The third-order valence-electron chi connectivity index (χ3n) is 3.93. The molecule has 3 N–H and O–H groups in total. The fourth-order valence-electron chi connectivity index (χ4n) is 2.56. The minimum Gasteiger partial charge on any atom is -0.479 e. The third kappa shape index (κ3) is 7.80. The lowest BCUT2D eigenvalue weighted by Gasteiger charge is -2.36. The van der Waals surface area contributed by atoms with Gasteiger partial charge in [0.1, 0.15) is 0 Å². The first-order chi connectivity index (χ1) is 11.4. The first-order valence-electron chi connectivity index (χ1n) is 8.03. The molecule has 146 valence electrons. The molecule has 9 heteroatoms. The summed E-state index contributed by atoms with van der Waals surface area (Å²) in [5, 5.41) is 27.0. The van der Waals surface area contributed by atoms with Gasteiger partial charge in [0.25, 0.3) is 0 Å². The summed E-state index contributed by atoms with van der Waals surface area (Å²) in [6.45, 7) is 8.94.